The van der Waals surface area contributed by atoms with Gasteiger partial charge in [-0.1, -0.05) is 11.6 Å². The second-order valence-corrected chi connectivity index (χ2v) is 6.59. The second kappa shape index (κ2) is 5.97. The number of carbonyl (C=O) groups excluding carboxylic acids is 1. The number of fused-ring (bicyclic) bond motifs is 3. The molecule has 2 bridgehead atoms. The van der Waals surface area contributed by atoms with E-state index in [1.165, 1.54) is 7.11 Å². The number of amides is 1. The fraction of sp³-hybridized carbons (Fsp3) is 0.562. The molecule has 0 spiro atoms. The molecule has 1 amide bonds. The van der Waals surface area contributed by atoms with E-state index in [4.69, 9.17) is 22.1 Å². The number of hydrogen-bond donors (Lipinski definition) is 2. The van der Waals surface area contributed by atoms with Gasteiger partial charge in [0.15, 0.2) is 0 Å². The second-order valence-electron chi connectivity index (χ2n) is 6.19. The fourth-order valence-corrected chi connectivity index (χ4v) is 3.85. The average Bonchev–Trinajstić information content (AvgIpc) is 2.53. The smallest absolute Gasteiger partial charge is 0.255 e. The maximum Gasteiger partial charge on any atom is 0.255 e. The molecule has 22 heavy (non-hydrogen) atoms. The minimum atomic E-state index is -0.149. The van der Waals surface area contributed by atoms with Crippen LogP contribution < -0.4 is 15.8 Å². The zero-order valence-corrected chi connectivity index (χ0v) is 13.7. The standard InChI is InChI=1S/C16H22ClN3O2/c1-9-15(10-3-5-20(9)6-4-10)19-16(21)11-7-12(17)13(18)8-14(11)22-2/h7-10,15H,3-6,18H2,1-2H3,(H,19,21). The van der Waals surface area contributed by atoms with Crippen LogP contribution in [0.4, 0.5) is 5.69 Å². The van der Waals surface area contributed by atoms with E-state index in [1.54, 1.807) is 12.1 Å². The zero-order chi connectivity index (χ0) is 15.9. The average molecular weight is 324 g/mol. The number of nitrogens with zero attached hydrogens (tertiary/aromatic N) is 1. The fourth-order valence-electron chi connectivity index (χ4n) is 3.69. The summed E-state index contributed by atoms with van der Waals surface area (Å²) in [5, 5.41) is 3.55. The van der Waals surface area contributed by atoms with Crippen molar-refractivity contribution in [3.05, 3.63) is 22.7 Å². The summed E-state index contributed by atoms with van der Waals surface area (Å²) in [6.45, 7) is 4.45. The first-order valence-electron chi connectivity index (χ1n) is 7.69. The van der Waals surface area contributed by atoms with Crippen molar-refractivity contribution in [3.8, 4) is 5.75 Å². The van der Waals surface area contributed by atoms with Crippen molar-refractivity contribution in [2.75, 3.05) is 25.9 Å². The lowest BCUT2D eigenvalue weighted by molar-refractivity contribution is 0.0216. The number of halogens is 1. The summed E-state index contributed by atoms with van der Waals surface area (Å²) < 4.78 is 5.27. The Bertz CT molecular complexity index is 583. The van der Waals surface area contributed by atoms with Gasteiger partial charge in [0.2, 0.25) is 0 Å². The molecule has 3 N–H and O–H groups in total. The van der Waals surface area contributed by atoms with E-state index >= 15 is 0 Å². The van der Waals surface area contributed by atoms with Gasteiger partial charge in [-0.25, -0.2) is 0 Å². The summed E-state index contributed by atoms with van der Waals surface area (Å²) in [5.41, 5.74) is 6.61. The van der Waals surface area contributed by atoms with E-state index in [0.29, 0.717) is 34.0 Å². The Morgan fingerprint density at radius 2 is 2.09 bits per heavy atom. The van der Waals surface area contributed by atoms with Crippen molar-refractivity contribution in [1.82, 2.24) is 10.2 Å². The van der Waals surface area contributed by atoms with Gasteiger partial charge in [-0.15, -0.1) is 0 Å². The third-order valence-electron chi connectivity index (χ3n) is 5.04. The number of nitrogens with one attached hydrogen (secondary N) is 1. The van der Waals surface area contributed by atoms with Crippen LogP contribution in [-0.2, 0) is 0 Å². The normalized spacial score (nSPS) is 30.1. The van der Waals surface area contributed by atoms with Gasteiger partial charge in [0.05, 0.1) is 23.4 Å². The number of piperidine rings is 3. The van der Waals surface area contributed by atoms with Crippen molar-refractivity contribution in [2.45, 2.75) is 31.8 Å². The number of hydrogen-bond acceptors (Lipinski definition) is 4. The molecule has 0 aromatic heterocycles. The molecule has 5 nitrogen and oxygen atoms in total. The Kier molecular flexibility index (Phi) is 4.19. The van der Waals surface area contributed by atoms with E-state index < -0.39 is 0 Å². The first-order valence-corrected chi connectivity index (χ1v) is 8.07. The molecule has 4 rings (SSSR count). The van der Waals surface area contributed by atoms with E-state index in [0.717, 1.165) is 25.9 Å². The molecule has 1 aromatic rings. The molecule has 3 heterocycles. The van der Waals surface area contributed by atoms with E-state index in [2.05, 4.69) is 17.1 Å². The Morgan fingerprint density at radius 3 is 2.68 bits per heavy atom. The van der Waals surface area contributed by atoms with Crippen molar-refractivity contribution in [1.29, 1.82) is 0 Å². The van der Waals surface area contributed by atoms with E-state index in [9.17, 15) is 4.79 Å². The number of anilines is 1. The van der Waals surface area contributed by atoms with E-state index in [1.807, 2.05) is 0 Å². The molecule has 0 aliphatic carbocycles. The number of methoxy groups -OCH3 is 1. The van der Waals surface area contributed by atoms with Crippen LogP contribution in [0.1, 0.15) is 30.1 Å². The quantitative estimate of drug-likeness (QED) is 0.836. The minimum Gasteiger partial charge on any atom is -0.496 e. The van der Waals surface area contributed by atoms with Gasteiger partial charge in [-0.05, 0) is 44.8 Å². The highest BCUT2D eigenvalue weighted by Gasteiger charge is 2.40. The molecule has 3 fully saturated rings. The number of rotatable bonds is 3. The summed E-state index contributed by atoms with van der Waals surface area (Å²) in [6.07, 6.45) is 2.30. The van der Waals surface area contributed by atoms with Gasteiger partial charge in [-0.2, -0.15) is 0 Å². The number of benzene rings is 1. The molecular weight excluding hydrogens is 302 g/mol. The topological polar surface area (TPSA) is 67.6 Å². The first kappa shape index (κ1) is 15.4. The zero-order valence-electron chi connectivity index (χ0n) is 12.9. The van der Waals surface area contributed by atoms with E-state index in [-0.39, 0.29) is 11.9 Å². The Morgan fingerprint density at radius 1 is 1.41 bits per heavy atom. The predicted octanol–water partition coefficient (Wildman–Crippen LogP) is 2.14. The van der Waals surface area contributed by atoms with Gasteiger partial charge in [-0.3, -0.25) is 9.69 Å². The van der Waals surface area contributed by atoms with Gasteiger partial charge in [0, 0.05) is 18.2 Å². The SMILES string of the molecule is COc1cc(N)c(Cl)cc1C(=O)NC1C2CCN(CC2)C1C. The van der Waals surface area contributed by atoms with Crippen LogP contribution in [0.3, 0.4) is 0 Å². The summed E-state index contributed by atoms with van der Waals surface area (Å²) in [7, 11) is 1.52. The van der Waals surface area contributed by atoms with Crippen molar-refractivity contribution < 1.29 is 9.53 Å². The van der Waals surface area contributed by atoms with Gasteiger partial charge in [0.1, 0.15) is 5.75 Å². The molecule has 2 atom stereocenters. The number of nitrogens with two attached hydrogens (primary N) is 1. The summed E-state index contributed by atoms with van der Waals surface area (Å²) >= 11 is 6.05. The Hall–Kier alpha value is -1.46. The summed E-state index contributed by atoms with van der Waals surface area (Å²) in [5.74, 6) is 0.858. The molecule has 2 unspecified atom stereocenters. The van der Waals surface area contributed by atoms with Gasteiger partial charge in [0.25, 0.3) is 5.91 Å². The van der Waals surface area contributed by atoms with Crippen LogP contribution in [0.25, 0.3) is 0 Å². The first-order chi connectivity index (χ1) is 10.5. The van der Waals surface area contributed by atoms with Crippen LogP contribution in [0.15, 0.2) is 12.1 Å². The van der Waals surface area contributed by atoms with Crippen molar-refractivity contribution in [2.24, 2.45) is 5.92 Å². The highest BCUT2D eigenvalue weighted by Crippen LogP contribution is 2.33. The maximum atomic E-state index is 12.7. The van der Waals surface area contributed by atoms with Crippen molar-refractivity contribution in [3.63, 3.8) is 0 Å². The molecule has 1 aromatic carbocycles. The molecular formula is C16H22ClN3O2. The number of ether oxygens (including phenoxy) is 1. The predicted molar refractivity (Wildman–Crippen MR) is 87.4 cm³/mol. The molecule has 3 saturated heterocycles. The lowest BCUT2D eigenvalue weighted by Gasteiger charge is -2.49. The molecule has 0 radical (unpaired) electrons. The van der Waals surface area contributed by atoms with Crippen LogP contribution in [0, 0.1) is 5.92 Å². The maximum absolute atomic E-state index is 12.7. The van der Waals surface area contributed by atoms with Crippen LogP contribution in [0.5, 0.6) is 5.75 Å². The minimum absolute atomic E-state index is 0.149. The number of carbonyl (C=O) groups is 1. The monoisotopic (exact) mass is 323 g/mol. The molecule has 120 valence electrons. The lowest BCUT2D eigenvalue weighted by atomic mass is 9.79. The highest BCUT2D eigenvalue weighted by molar-refractivity contribution is 6.33. The van der Waals surface area contributed by atoms with Crippen LogP contribution in [-0.4, -0.2) is 43.1 Å². The van der Waals surface area contributed by atoms with Gasteiger partial charge < -0.3 is 15.8 Å². The Labute approximate surface area is 135 Å². The van der Waals surface area contributed by atoms with Crippen LogP contribution >= 0.6 is 11.6 Å². The number of nitrogen functional groups attached to an aromatic ring is 1. The van der Waals surface area contributed by atoms with Crippen molar-refractivity contribution >= 4 is 23.2 Å². The molecule has 6 heteroatoms. The third-order valence-corrected chi connectivity index (χ3v) is 5.37. The summed E-state index contributed by atoms with van der Waals surface area (Å²) in [4.78, 5) is 15.1. The highest BCUT2D eigenvalue weighted by atomic mass is 35.5. The van der Waals surface area contributed by atoms with Crippen LogP contribution in [0.2, 0.25) is 5.02 Å². The third kappa shape index (κ3) is 2.63. The van der Waals surface area contributed by atoms with Gasteiger partial charge >= 0.3 is 0 Å². The summed E-state index contributed by atoms with van der Waals surface area (Å²) in [6, 6.07) is 3.72. The molecule has 0 saturated carbocycles. The lowest BCUT2D eigenvalue weighted by Crippen LogP contribution is -2.62. The molecule has 3 aliphatic rings. The Balaban J connectivity index is 1.81. The molecule has 3 aliphatic heterocycles. The largest absolute Gasteiger partial charge is 0.496 e.